The van der Waals surface area contributed by atoms with Gasteiger partial charge in [-0.2, -0.15) is 0 Å². The van der Waals surface area contributed by atoms with E-state index in [0.717, 1.165) is 5.56 Å². The van der Waals surface area contributed by atoms with Crippen molar-refractivity contribution in [3.8, 4) is 0 Å². The molecular formula is C17H18F3N. The van der Waals surface area contributed by atoms with Crippen molar-refractivity contribution in [3.63, 3.8) is 0 Å². The second-order valence-corrected chi connectivity index (χ2v) is 5.27. The van der Waals surface area contributed by atoms with Crippen molar-refractivity contribution < 1.29 is 13.2 Å². The molecule has 0 aliphatic heterocycles. The summed E-state index contributed by atoms with van der Waals surface area (Å²) in [4.78, 5) is 0. The van der Waals surface area contributed by atoms with Gasteiger partial charge in [0.25, 0.3) is 0 Å². The minimum atomic E-state index is -0.537. The van der Waals surface area contributed by atoms with Gasteiger partial charge in [0.05, 0.1) is 0 Å². The second-order valence-electron chi connectivity index (χ2n) is 5.27. The molecule has 112 valence electrons. The van der Waals surface area contributed by atoms with Gasteiger partial charge in [0.2, 0.25) is 0 Å². The number of halogens is 3. The van der Waals surface area contributed by atoms with Gasteiger partial charge in [-0.05, 0) is 49.6 Å². The molecule has 1 atom stereocenters. The number of rotatable bonds is 5. The first-order valence-corrected chi connectivity index (χ1v) is 6.88. The van der Waals surface area contributed by atoms with Crippen LogP contribution in [0.3, 0.4) is 0 Å². The predicted molar refractivity (Wildman–Crippen MR) is 77.5 cm³/mol. The minimum Gasteiger partial charge on any atom is -0.310 e. The molecule has 0 fully saturated rings. The summed E-state index contributed by atoms with van der Waals surface area (Å²) in [5, 5.41) is 3.15. The molecule has 0 bridgehead atoms. The molecule has 0 aliphatic carbocycles. The summed E-state index contributed by atoms with van der Waals surface area (Å²) < 4.78 is 40.5. The van der Waals surface area contributed by atoms with Gasteiger partial charge >= 0.3 is 0 Å². The summed E-state index contributed by atoms with van der Waals surface area (Å²) in [5.74, 6) is -1.32. The van der Waals surface area contributed by atoms with E-state index >= 15 is 0 Å². The lowest BCUT2D eigenvalue weighted by molar-refractivity contribution is 0.498. The molecule has 1 nitrogen and oxygen atoms in total. The highest BCUT2D eigenvalue weighted by Gasteiger charge is 2.12. The lowest BCUT2D eigenvalue weighted by Crippen LogP contribution is -2.28. The van der Waals surface area contributed by atoms with Gasteiger partial charge in [-0.1, -0.05) is 18.2 Å². The summed E-state index contributed by atoms with van der Waals surface area (Å²) in [5.41, 5.74) is 1.48. The number of nitrogens with one attached hydrogen (secondary N) is 1. The fourth-order valence-corrected chi connectivity index (χ4v) is 2.14. The molecule has 0 aromatic heterocycles. The van der Waals surface area contributed by atoms with Gasteiger partial charge in [0.1, 0.15) is 17.5 Å². The van der Waals surface area contributed by atoms with Gasteiger partial charge in [-0.15, -0.1) is 0 Å². The van der Waals surface area contributed by atoms with E-state index in [0.29, 0.717) is 12.1 Å². The van der Waals surface area contributed by atoms with Gasteiger partial charge < -0.3 is 5.32 Å². The number of aryl methyl sites for hydroxylation is 1. The number of hydrogen-bond acceptors (Lipinski definition) is 1. The third kappa shape index (κ3) is 4.08. The fraction of sp³-hybridized carbons (Fsp3) is 0.294. The first-order valence-electron chi connectivity index (χ1n) is 6.88. The maximum atomic E-state index is 13.6. The van der Waals surface area contributed by atoms with Crippen LogP contribution in [0.25, 0.3) is 0 Å². The van der Waals surface area contributed by atoms with E-state index in [9.17, 15) is 13.2 Å². The van der Waals surface area contributed by atoms with E-state index in [1.165, 1.54) is 24.3 Å². The molecule has 0 spiro atoms. The molecule has 0 saturated carbocycles. The average Bonchev–Trinajstić information content (AvgIpc) is 2.44. The molecule has 2 aromatic carbocycles. The van der Waals surface area contributed by atoms with Gasteiger partial charge in [-0.3, -0.25) is 0 Å². The van der Waals surface area contributed by atoms with Crippen LogP contribution in [0.15, 0.2) is 36.4 Å². The van der Waals surface area contributed by atoms with Crippen molar-refractivity contribution in [1.82, 2.24) is 5.32 Å². The molecule has 1 N–H and O–H groups in total. The first-order chi connectivity index (χ1) is 9.97. The molecule has 21 heavy (non-hydrogen) atoms. The van der Waals surface area contributed by atoms with Gasteiger partial charge in [-0.25, -0.2) is 13.2 Å². The molecule has 0 aliphatic rings. The van der Waals surface area contributed by atoms with Crippen LogP contribution >= 0.6 is 0 Å². The van der Waals surface area contributed by atoms with Crippen molar-refractivity contribution >= 4 is 0 Å². The smallest absolute Gasteiger partial charge is 0.129 e. The highest BCUT2D eigenvalue weighted by atomic mass is 19.1. The van der Waals surface area contributed by atoms with E-state index in [-0.39, 0.29) is 23.8 Å². The Kier molecular flexibility index (Phi) is 5.02. The van der Waals surface area contributed by atoms with E-state index in [4.69, 9.17) is 0 Å². The summed E-state index contributed by atoms with van der Waals surface area (Å²) in [7, 11) is 0. The molecule has 0 heterocycles. The van der Waals surface area contributed by atoms with Crippen LogP contribution in [-0.2, 0) is 13.0 Å². The Bertz CT molecular complexity index is 605. The van der Waals surface area contributed by atoms with E-state index in [2.05, 4.69) is 5.32 Å². The van der Waals surface area contributed by atoms with E-state index in [1.54, 1.807) is 13.0 Å². The Balaban J connectivity index is 1.96. The van der Waals surface area contributed by atoms with E-state index in [1.807, 2.05) is 13.0 Å². The Morgan fingerprint density at radius 3 is 2.29 bits per heavy atom. The van der Waals surface area contributed by atoms with Crippen LogP contribution in [0.5, 0.6) is 0 Å². The number of hydrogen-bond donors (Lipinski definition) is 1. The van der Waals surface area contributed by atoms with Crippen LogP contribution in [-0.4, -0.2) is 6.04 Å². The standard InChI is InChI=1S/C17H18F3N/c1-11-6-7-13(9-17(11)20)10-21-12(2)8-14-15(18)4-3-5-16(14)19/h3-7,9,12,21H,8,10H2,1-2H3. The van der Waals surface area contributed by atoms with Crippen LogP contribution in [0.1, 0.15) is 23.6 Å². The Hall–Kier alpha value is -1.81. The molecule has 0 radical (unpaired) electrons. The second kappa shape index (κ2) is 6.76. The molecule has 0 saturated heterocycles. The molecule has 0 amide bonds. The van der Waals surface area contributed by atoms with Crippen LogP contribution in [0.2, 0.25) is 0 Å². The van der Waals surface area contributed by atoms with Crippen molar-refractivity contribution in [3.05, 3.63) is 70.5 Å². The lowest BCUT2D eigenvalue weighted by Gasteiger charge is -2.15. The number of benzene rings is 2. The van der Waals surface area contributed by atoms with E-state index < -0.39 is 11.6 Å². The monoisotopic (exact) mass is 293 g/mol. The third-order valence-corrected chi connectivity index (χ3v) is 3.46. The fourth-order valence-electron chi connectivity index (χ4n) is 2.14. The molecular weight excluding hydrogens is 275 g/mol. The van der Waals surface area contributed by atoms with Crippen molar-refractivity contribution in [2.75, 3.05) is 0 Å². The lowest BCUT2D eigenvalue weighted by atomic mass is 10.1. The third-order valence-electron chi connectivity index (χ3n) is 3.46. The SMILES string of the molecule is Cc1ccc(CNC(C)Cc2c(F)cccc2F)cc1F. The van der Waals surface area contributed by atoms with Crippen LogP contribution in [0, 0.1) is 24.4 Å². The molecule has 1 unspecified atom stereocenters. The van der Waals surface area contributed by atoms with Crippen molar-refractivity contribution in [1.29, 1.82) is 0 Å². The maximum absolute atomic E-state index is 13.6. The quantitative estimate of drug-likeness (QED) is 0.874. The summed E-state index contributed by atoms with van der Waals surface area (Å²) in [6.07, 6.45) is 0.243. The molecule has 4 heteroatoms. The molecule has 2 aromatic rings. The summed E-state index contributed by atoms with van der Waals surface area (Å²) >= 11 is 0. The van der Waals surface area contributed by atoms with Gasteiger partial charge in [0, 0.05) is 18.2 Å². The highest BCUT2D eigenvalue weighted by molar-refractivity contribution is 5.23. The summed E-state index contributed by atoms with van der Waals surface area (Å²) in [6, 6.07) is 8.75. The van der Waals surface area contributed by atoms with Crippen LogP contribution in [0.4, 0.5) is 13.2 Å². The Labute approximate surface area is 122 Å². The van der Waals surface area contributed by atoms with Crippen LogP contribution < -0.4 is 5.32 Å². The zero-order chi connectivity index (χ0) is 15.4. The van der Waals surface area contributed by atoms with Gasteiger partial charge in [0.15, 0.2) is 0 Å². The zero-order valence-corrected chi connectivity index (χ0v) is 12.1. The maximum Gasteiger partial charge on any atom is 0.129 e. The first kappa shape index (κ1) is 15.6. The topological polar surface area (TPSA) is 12.0 Å². The summed E-state index contributed by atoms with van der Waals surface area (Å²) in [6.45, 7) is 4.00. The largest absolute Gasteiger partial charge is 0.310 e. The minimum absolute atomic E-state index is 0.0765. The zero-order valence-electron chi connectivity index (χ0n) is 12.1. The Morgan fingerprint density at radius 1 is 1.00 bits per heavy atom. The molecule has 2 rings (SSSR count). The average molecular weight is 293 g/mol. The predicted octanol–water partition coefficient (Wildman–Crippen LogP) is 4.13. The normalized spacial score (nSPS) is 12.4. The Morgan fingerprint density at radius 2 is 1.67 bits per heavy atom. The highest BCUT2D eigenvalue weighted by Crippen LogP contribution is 2.15. The van der Waals surface area contributed by atoms with Crippen molar-refractivity contribution in [2.24, 2.45) is 0 Å². The van der Waals surface area contributed by atoms with Crippen molar-refractivity contribution in [2.45, 2.75) is 32.9 Å².